The summed E-state index contributed by atoms with van der Waals surface area (Å²) in [4.78, 5) is 15.2. The summed E-state index contributed by atoms with van der Waals surface area (Å²) in [6.07, 6.45) is -3.12. The molecule has 0 radical (unpaired) electrons. The van der Waals surface area contributed by atoms with E-state index in [2.05, 4.69) is 6.92 Å². The number of hydrogen-bond donors (Lipinski definition) is 1. The maximum atomic E-state index is 14.0. The van der Waals surface area contributed by atoms with Gasteiger partial charge >= 0.3 is 6.18 Å². The Balaban J connectivity index is 1.86. The van der Waals surface area contributed by atoms with E-state index in [1.165, 1.54) is 31.4 Å². The molecule has 2 heterocycles. The molecule has 1 N–H and O–H groups in total. The average molecular weight is 463 g/mol. The highest BCUT2D eigenvalue weighted by Gasteiger charge is 2.41. The van der Waals surface area contributed by atoms with Crippen molar-refractivity contribution < 1.29 is 32.2 Å². The van der Waals surface area contributed by atoms with E-state index in [1.807, 2.05) is 4.90 Å². The number of piperidine rings is 1. The molecule has 1 saturated heterocycles. The molecule has 0 spiro atoms. The first-order valence-electron chi connectivity index (χ1n) is 10.6. The molecule has 0 saturated carbocycles. The largest absolute Gasteiger partial charge is 0.507 e. The Bertz CT molecular complexity index is 1210. The van der Waals surface area contributed by atoms with Crippen LogP contribution in [0.4, 0.5) is 13.2 Å². The maximum absolute atomic E-state index is 14.0. The molecule has 4 rings (SSSR count). The van der Waals surface area contributed by atoms with Crippen LogP contribution in [0.15, 0.2) is 45.6 Å². The highest BCUT2D eigenvalue weighted by Crippen LogP contribution is 2.41. The lowest BCUT2D eigenvalue weighted by Crippen LogP contribution is -2.32. The van der Waals surface area contributed by atoms with Gasteiger partial charge in [0.1, 0.15) is 11.3 Å². The number of aromatic hydroxyl groups is 1. The normalized spacial score (nSPS) is 15.7. The maximum Gasteiger partial charge on any atom is 0.453 e. The summed E-state index contributed by atoms with van der Waals surface area (Å²) < 4.78 is 57.7. The predicted molar refractivity (Wildman–Crippen MR) is 116 cm³/mol. The van der Waals surface area contributed by atoms with Crippen LogP contribution in [0.1, 0.15) is 31.1 Å². The fraction of sp³-hybridized carbons (Fsp3) is 0.375. The fourth-order valence-corrected chi connectivity index (χ4v) is 3.98. The van der Waals surface area contributed by atoms with E-state index in [1.54, 1.807) is 12.1 Å². The van der Waals surface area contributed by atoms with E-state index >= 15 is 0 Å². The first-order valence-corrected chi connectivity index (χ1v) is 10.6. The molecule has 0 unspecified atom stereocenters. The first kappa shape index (κ1) is 23.0. The van der Waals surface area contributed by atoms with Gasteiger partial charge in [-0.1, -0.05) is 19.1 Å². The van der Waals surface area contributed by atoms with Gasteiger partial charge in [-0.3, -0.25) is 9.69 Å². The number of alkyl halides is 3. The average Bonchev–Trinajstić information content (AvgIpc) is 2.78. The summed E-state index contributed by atoms with van der Waals surface area (Å²) in [6.45, 7) is 3.79. The summed E-state index contributed by atoms with van der Waals surface area (Å²) in [6, 6.07) is 8.59. The van der Waals surface area contributed by atoms with Crippen LogP contribution in [0, 0.1) is 5.92 Å². The molecule has 1 fully saturated rings. The highest BCUT2D eigenvalue weighted by atomic mass is 19.4. The van der Waals surface area contributed by atoms with Crippen molar-refractivity contribution in [2.75, 3.05) is 20.2 Å². The lowest BCUT2D eigenvalue weighted by molar-refractivity contribution is -0.154. The number of methoxy groups -OCH3 is 1. The second-order valence-electron chi connectivity index (χ2n) is 8.24. The summed E-state index contributed by atoms with van der Waals surface area (Å²) in [5, 5.41) is 10.3. The molecule has 0 aliphatic carbocycles. The monoisotopic (exact) mass is 463 g/mol. The number of phenolic OH excluding ortho intramolecular Hbond substituents is 1. The van der Waals surface area contributed by atoms with Gasteiger partial charge in [0.25, 0.3) is 5.76 Å². The summed E-state index contributed by atoms with van der Waals surface area (Å²) in [5.41, 5.74) is -1.13. The van der Waals surface area contributed by atoms with Crippen molar-refractivity contribution in [3.8, 4) is 23.0 Å². The van der Waals surface area contributed by atoms with Crippen LogP contribution in [0.2, 0.25) is 0 Å². The lowest BCUT2D eigenvalue weighted by Gasteiger charge is -2.30. The van der Waals surface area contributed by atoms with Gasteiger partial charge in [0.15, 0.2) is 11.5 Å². The van der Waals surface area contributed by atoms with E-state index in [0.29, 0.717) is 5.92 Å². The number of hydrogen-bond acceptors (Lipinski definition) is 6. The standard InChI is InChI=1S/C24H24F3NO5/c1-14-9-11-28(12-10-14)13-16-17(29)8-7-15-20(30)22(23(24(25,26)27)33-21(15)16)32-19-6-4-3-5-18(19)31-2/h3-8,14,29H,9-13H2,1-2H3. The highest BCUT2D eigenvalue weighted by molar-refractivity contribution is 5.83. The number of benzene rings is 2. The number of halogens is 3. The molecule has 1 aliphatic heterocycles. The van der Waals surface area contributed by atoms with Crippen molar-refractivity contribution in [1.29, 1.82) is 0 Å². The van der Waals surface area contributed by atoms with Gasteiger partial charge in [-0.05, 0) is 56.1 Å². The van der Waals surface area contributed by atoms with Crippen molar-refractivity contribution in [3.63, 3.8) is 0 Å². The van der Waals surface area contributed by atoms with Crippen molar-refractivity contribution in [2.24, 2.45) is 5.92 Å². The van der Waals surface area contributed by atoms with Crippen molar-refractivity contribution >= 4 is 11.0 Å². The smallest absolute Gasteiger partial charge is 0.453 e. The zero-order valence-corrected chi connectivity index (χ0v) is 18.2. The topological polar surface area (TPSA) is 72.1 Å². The Morgan fingerprint density at radius 1 is 1.12 bits per heavy atom. The van der Waals surface area contributed by atoms with Crippen LogP contribution in [-0.4, -0.2) is 30.2 Å². The third-order valence-electron chi connectivity index (χ3n) is 5.89. The number of rotatable bonds is 5. The van der Waals surface area contributed by atoms with Crippen molar-refractivity contribution in [1.82, 2.24) is 4.90 Å². The van der Waals surface area contributed by atoms with Gasteiger partial charge in [-0.15, -0.1) is 0 Å². The third-order valence-corrected chi connectivity index (χ3v) is 5.89. The molecule has 0 atom stereocenters. The van der Waals surface area contributed by atoms with E-state index in [-0.39, 0.29) is 40.3 Å². The zero-order valence-electron chi connectivity index (χ0n) is 18.2. The quantitative estimate of drug-likeness (QED) is 0.535. The Kier molecular flexibility index (Phi) is 6.25. The molecule has 176 valence electrons. The van der Waals surface area contributed by atoms with Crippen LogP contribution in [0.5, 0.6) is 23.0 Å². The van der Waals surface area contributed by atoms with Crippen molar-refractivity contribution in [3.05, 3.63) is 57.9 Å². The molecule has 1 aliphatic rings. The van der Waals surface area contributed by atoms with E-state index in [9.17, 15) is 23.1 Å². The van der Waals surface area contributed by atoms with Gasteiger partial charge in [0.05, 0.1) is 18.1 Å². The molecule has 1 aromatic heterocycles. The SMILES string of the molecule is COc1ccccc1Oc1c(C(F)(F)F)oc2c(CN3CCC(C)CC3)c(O)ccc2c1=O. The fourth-order valence-electron chi connectivity index (χ4n) is 3.98. The van der Waals surface area contributed by atoms with Crippen LogP contribution in [0.25, 0.3) is 11.0 Å². The Morgan fingerprint density at radius 2 is 1.79 bits per heavy atom. The summed E-state index contributed by atoms with van der Waals surface area (Å²) in [7, 11) is 1.34. The van der Waals surface area contributed by atoms with Crippen LogP contribution < -0.4 is 14.9 Å². The van der Waals surface area contributed by atoms with Gasteiger partial charge in [0.2, 0.25) is 11.2 Å². The minimum atomic E-state index is -5.01. The Hall–Kier alpha value is -3.20. The van der Waals surface area contributed by atoms with Crippen molar-refractivity contribution in [2.45, 2.75) is 32.5 Å². The molecule has 33 heavy (non-hydrogen) atoms. The van der Waals surface area contributed by atoms with Gasteiger partial charge in [-0.25, -0.2) is 0 Å². The van der Waals surface area contributed by atoms with Crippen LogP contribution in [0.3, 0.4) is 0 Å². The third kappa shape index (κ3) is 4.64. The molecule has 0 amide bonds. The number of phenols is 1. The van der Waals surface area contributed by atoms with Crippen LogP contribution in [-0.2, 0) is 12.7 Å². The number of likely N-dealkylation sites (tertiary alicyclic amines) is 1. The van der Waals surface area contributed by atoms with E-state index < -0.39 is 23.1 Å². The zero-order chi connectivity index (χ0) is 23.8. The second-order valence-corrected chi connectivity index (χ2v) is 8.24. The molecule has 9 heteroatoms. The molecule has 2 aromatic carbocycles. The van der Waals surface area contributed by atoms with Gasteiger partial charge in [0, 0.05) is 6.54 Å². The van der Waals surface area contributed by atoms with E-state index in [0.717, 1.165) is 25.9 Å². The molecular formula is C24H24F3NO5. The minimum Gasteiger partial charge on any atom is -0.507 e. The van der Waals surface area contributed by atoms with Crippen LogP contribution >= 0.6 is 0 Å². The molecular weight excluding hydrogens is 439 g/mol. The lowest BCUT2D eigenvalue weighted by atomic mass is 9.98. The Morgan fingerprint density at radius 3 is 2.42 bits per heavy atom. The van der Waals surface area contributed by atoms with Gasteiger partial charge in [-0.2, -0.15) is 13.2 Å². The summed E-state index contributed by atoms with van der Waals surface area (Å²) >= 11 is 0. The number of nitrogens with zero attached hydrogens (tertiary/aromatic N) is 1. The minimum absolute atomic E-state index is 0.0569. The molecule has 6 nitrogen and oxygen atoms in total. The first-order chi connectivity index (χ1) is 15.7. The molecule has 0 bridgehead atoms. The number of fused-ring (bicyclic) bond motifs is 1. The number of para-hydroxylation sites is 2. The number of ether oxygens (including phenoxy) is 2. The van der Waals surface area contributed by atoms with Gasteiger partial charge < -0.3 is 19.0 Å². The second kappa shape index (κ2) is 8.97. The molecule has 3 aromatic rings. The Labute approximate surface area is 188 Å². The predicted octanol–water partition coefficient (Wildman–Crippen LogP) is 5.55. The summed E-state index contributed by atoms with van der Waals surface area (Å²) in [5.74, 6) is -2.11. The van der Waals surface area contributed by atoms with E-state index in [4.69, 9.17) is 13.9 Å².